The first-order chi connectivity index (χ1) is 5.57. The highest BCUT2D eigenvalue weighted by Gasteiger charge is 2.04. The summed E-state index contributed by atoms with van der Waals surface area (Å²) in [5.74, 6) is 0. The van der Waals surface area contributed by atoms with Crippen molar-refractivity contribution in [2.45, 2.75) is 13.5 Å². The van der Waals surface area contributed by atoms with E-state index in [2.05, 4.69) is 15.9 Å². The third kappa shape index (κ3) is 1.36. The van der Waals surface area contributed by atoms with Gasteiger partial charge in [0.05, 0.1) is 4.47 Å². The Morgan fingerprint density at radius 2 is 2.08 bits per heavy atom. The van der Waals surface area contributed by atoms with Crippen LogP contribution in [-0.2, 0) is 13.6 Å². The minimum atomic E-state index is -0.286. The predicted molar refractivity (Wildman–Crippen MR) is 49.3 cm³/mol. The molecular formula is C7H9BrN2O2. The quantitative estimate of drug-likeness (QED) is 0.701. The molecule has 0 aromatic carbocycles. The molecule has 0 amide bonds. The molecule has 0 unspecified atom stereocenters. The monoisotopic (exact) mass is 232 g/mol. The van der Waals surface area contributed by atoms with Gasteiger partial charge in [-0.15, -0.1) is 0 Å². The summed E-state index contributed by atoms with van der Waals surface area (Å²) in [6.45, 7) is 2.15. The number of hydrogen-bond donors (Lipinski definition) is 0. The smallest absolute Gasteiger partial charge is 0.302 e. The second-order valence-electron chi connectivity index (χ2n) is 2.42. The minimum Gasteiger partial charge on any atom is -0.302 e. The maximum absolute atomic E-state index is 11.3. The van der Waals surface area contributed by atoms with Crippen molar-refractivity contribution in [2.75, 3.05) is 0 Å². The van der Waals surface area contributed by atoms with Crippen molar-refractivity contribution < 1.29 is 0 Å². The van der Waals surface area contributed by atoms with Crippen molar-refractivity contribution in [3.8, 4) is 0 Å². The average Bonchev–Trinajstić information content (AvgIpc) is 2.02. The molecule has 0 aliphatic rings. The van der Waals surface area contributed by atoms with Crippen molar-refractivity contribution in [2.24, 2.45) is 7.05 Å². The zero-order valence-corrected chi connectivity index (χ0v) is 8.46. The first-order valence-corrected chi connectivity index (χ1v) is 4.33. The van der Waals surface area contributed by atoms with E-state index in [1.807, 2.05) is 0 Å². The molecule has 1 heterocycles. The number of rotatable bonds is 1. The van der Waals surface area contributed by atoms with Gasteiger partial charge in [0, 0.05) is 19.8 Å². The van der Waals surface area contributed by atoms with Crippen LogP contribution in [0.15, 0.2) is 20.3 Å². The molecule has 0 aliphatic heterocycles. The summed E-state index contributed by atoms with van der Waals surface area (Å²) in [4.78, 5) is 22.6. The topological polar surface area (TPSA) is 44.0 Å². The zero-order chi connectivity index (χ0) is 9.30. The van der Waals surface area contributed by atoms with Crippen LogP contribution < -0.4 is 11.2 Å². The Morgan fingerprint density at radius 1 is 1.50 bits per heavy atom. The van der Waals surface area contributed by atoms with Crippen LogP contribution in [0, 0.1) is 0 Å². The Hall–Kier alpha value is -0.840. The largest absolute Gasteiger partial charge is 0.330 e. The van der Waals surface area contributed by atoms with Crippen LogP contribution in [0.3, 0.4) is 0 Å². The van der Waals surface area contributed by atoms with Gasteiger partial charge < -0.3 is 4.57 Å². The molecule has 0 saturated heterocycles. The number of halogens is 1. The van der Waals surface area contributed by atoms with Gasteiger partial charge in [0.2, 0.25) is 0 Å². The van der Waals surface area contributed by atoms with Crippen LogP contribution in [0.1, 0.15) is 6.92 Å². The molecule has 0 saturated carbocycles. The number of aromatic nitrogens is 2. The molecule has 0 fully saturated rings. The normalized spacial score (nSPS) is 10.2. The fourth-order valence-corrected chi connectivity index (χ4v) is 1.49. The van der Waals surface area contributed by atoms with Crippen molar-refractivity contribution in [3.05, 3.63) is 31.5 Å². The molecule has 0 radical (unpaired) electrons. The van der Waals surface area contributed by atoms with E-state index in [0.717, 1.165) is 0 Å². The summed E-state index contributed by atoms with van der Waals surface area (Å²) in [5.41, 5.74) is -0.564. The maximum atomic E-state index is 11.3. The first kappa shape index (κ1) is 9.25. The lowest BCUT2D eigenvalue weighted by atomic mass is 10.6. The third-order valence-corrected chi connectivity index (χ3v) is 2.15. The zero-order valence-electron chi connectivity index (χ0n) is 6.87. The van der Waals surface area contributed by atoms with Gasteiger partial charge in [-0.2, -0.15) is 0 Å². The van der Waals surface area contributed by atoms with Crippen LogP contribution in [0.25, 0.3) is 0 Å². The molecule has 0 atom stereocenters. The van der Waals surface area contributed by atoms with E-state index in [1.54, 1.807) is 14.0 Å². The van der Waals surface area contributed by atoms with E-state index in [-0.39, 0.29) is 11.2 Å². The van der Waals surface area contributed by atoms with Crippen LogP contribution in [0.2, 0.25) is 0 Å². The molecule has 5 heteroatoms. The summed E-state index contributed by atoms with van der Waals surface area (Å²) in [5, 5.41) is 0. The Morgan fingerprint density at radius 3 is 2.58 bits per heavy atom. The molecule has 0 spiro atoms. The lowest BCUT2D eigenvalue weighted by molar-refractivity contribution is 0.617. The predicted octanol–water partition coefficient (Wildman–Crippen LogP) is 0.329. The molecule has 1 aromatic rings. The lowest BCUT2D eigenvalue weighted by Gasteiger charge is -2.03. The van der Waals surface area contributed by atoms with E-state index in [4.69, 9.17) is 0 Å². The van der Waals surface area contributed by atoms with Crippen LogP contribution in [-0.4, -0.2) is 9.13 Å². The van der Waals surface area contributed by atoms with E-state index in [0.29, 0.717) is 11.0 Å². The van der Waals surface area contributed by atoms with Crippen LogP contribution >= 0.6 is 15.9 Å². The van der Waals surface area contributed by atoms with Gasteiger partial charge in [-0.1, -0.05) is 0 Å². The van der Waals surface area contributed by atoms with Crippen LogP contribution in [0.4, 0.5) is 0 Å². The highest BCUT2D eigenvalue weighted by molar-refractivity contribution is 9.10. The molecule has 0 N–H and O–H groups in total. The van der Waals surface area contributed by atoms with Gasteiger partial charge in [-0.3, -0.25) is 9.36 Å². The van der Waals surface area contributed by atoms with Gasteiger partial charge in [0.1, 0.15) is 0 Å². The fraction of sp³-hybridized carbons (Fsp3) is 0.429. The van der Waals surface area contributed by atoms with Gasteiger partial charge >= 0.3 is 5.69 Å². The SMILES string of the molecule is CCn1c(=O)c(Br)cn(C)c1=O. The number of nitrogens with zero attached hydrogens (tertiary/aromatic N) is 2. The Labute approximate surface area is 77.6 Å². The Bertz CT molecular complexity index is 371. The summed E-state index contributed by atoms with van der Waals surface area (Å²) in [6, 6.07) is 0. The molecule has 0 aliphatic carbocycles. The molecule has 12 heavy (non-hydrogen) atoms. The number of hydrogen-bond acceptors (Lipinski definition) is 2. The molecule has 0 bridgehead atoms. The van der Waals surface area contributed by atoms with E-state index >= 15 is 0 Å². The summed E-state index contributed by atoms with van der Waals surface area (Å²) in [7, 11) is 1.61. The standard InChI is InChI=1S/C7H9BrN2O2/c1-3-10-6(11)5(8)4-9(2)7(10)12/h4H,3H2,1-2H3. The molecule has 1 rings (SSSR count). The Kier molecular flexibility index (Phi) is 2.52. The van der Waals surface area contributed by atoms with Crippen molar-refractivity contribution in [1.82, 2.24) is 9.13 Å². The highest BCUT2D eigenvalue weighted by Crippen LogP contribution is 1.97. The van der Waals surface area contributed by atoms with E-state index in [9.17, 15) is 9.59 Å². The number of aryl methyl sites for hydroxylation is 1. The van der Waals surface area contributed by atoms with E-state index < -0.39 is 0 Å². The van der Waals surface area contributed by atoms with Gasteiger partial charge in [-0.25, -0.2) is 4.79 Å². The first-order valence-electron chi connectivity index (χ1n) is 3.54. The second kappa shape index (κ2) is 3.26. The third-order valence-electron chi connectivity index (χ3n) is 1.61. The summed E-state index contributed by atoms with van der Waals surface area (Å²) < 4.78 is 2.95. The van der Waals surface area contributed by atoms with Gasteiger partial charge in [-0.05, 0) is 22.9 Å². The molecule has 66 valence electrons. The van der Waals surface area contributed by atoms with Gasteiger partial charge in [0.25, 0.3) is 5.56 Å². The summed E-state index contributed by atoms with van der Waals surface area (Å²) in [6.07, 6.45) is 1.47. The lowest BCUT2D eigenvalue weighted by Crippen LogP contribution is -2.38. The fourth-order valence-electron chi connectivity index (χ4n) is 0.966. The van der Waals surface area contributed by atoms with Gasteiger partial charge in [0.15, 0.2) is 0 Å². The average molecular weight is 233 g/mol. The van der Waals surface area contributed by atoms with Crippen molar-refractivity contribution in [3.63, 3.8) is 0 Å². The Balaban J connectivity index is 3.65. The van der Waals surface area contributed by atoms with Crippen LogP contribution in [0.5, 0.6) is 0 Å². The molecular weight excluding hydrogens is 224 g/mol. The molecule has 4 nitrogen and oxygen atoms in total. The van der Waals surface area contributed by atoms with Crippen molar-refractivity contribution >= 4 is 15.9 Å². The minimum absolute atomic E-state index is 0.277. The second-order valence-corrected chi connectivity index (χ2v) is 3.27. The maximum Gasteiger partial charge on any atom is 0.330 e. The highest BCUT2D eigenvalue weighted by atomic mass is 79.9. The van der Waals surface area contributed by atoms with E-state index in [1.165, 1.54) is 15.3 Å². The molecule has 1 aromatic heterocycles. The summed E-state index contributed by atoms with van der Waals surface area (Å²) >= 11 is 3.08. The van der Waals surface area contributed by atoms with Crippen molar-refractivity contribution in [1.29, 1.82) is 0 Å².